The molecule has 1 aliphatic rings. The molecule has 0 amide bonds. The Morgan fingerprint density at radius 1 is 1.35 bits per heavy atom. The first-order valence-electron chi connectivity index (χ1n) is 6.30. The van der Waals surface area contributed by atoms with E-state index in [2.05, 4.69) is 4.72 Å². The molecule has 2 N–H and O–H groups in total. The van der Waals surface area contributed by atoms with Crippen molar-refractivity contribution in [1.29, 1.82) is 0 Å². The van der Waals surface area contributed by atoms with Crippen LogP contribution in [0.2, 0.25) is 0 Å². The predicted octanol–water partition coefficient (Wildman–Crippen LogP) is 1.92. The van der Waals surface area contributed by atoms with Gasteiger partial charge in [0.25, 0.3) is 0 Å². The van der Waals surface area contributed by atoms with Crippen molar-refractivity contribution in [3.05, 3.63) is 29.3 Å². The van der Waals surface area contributed by atoms with Crippen molar-refractivity contribution in [2.24, 2.45) is 5.92 Å². The average Bonchev–Trinajstić information content (AvgIpc) is 3.15. The molecule has 0 spiro atoms. The summed E-state index contributed by atoms with van der Waals surface area (Å²) in [5.41, 5.74) is -0.703. The number of rotatable bonds is 5. The zero-order chi connectivity index (χ0) is 15.1. The van der Waals surface area contributed by atoms with Crippen molar-refractivity contribution in [2.75, 3.05) is 0 Å². The predicted molar refractivity (Wildman–Crippen MR) is 69.4 cm³/mol. The molecule has 4 nitrogen and oxygen atoms in total. The lowest BCUT2D eigenvalue weighted by Crippen LogP contribution is -2.45. The van der Waals surface area contributed by atoms with Gasteiger partial charge in [-0.05, 0) is 50.3 Å². The molecule has 0 saturated heterocycles. The molecular formula is C13H17F2NO3S. The highest BCUT2D eigenvalue weighted by Gasteiger charge is 2.41. The molecule has 1 aromatic carbocycles. The Bertz CT molecular complexity index is 625. The van der Waals surface area contributed by atoms with Gasteiger partial charge in [-0.25, -0.2) is 21.9 Å². The maximum absolute atomic E-state index is 13.7. The molecule has 0 aliphatic heterocycles. The lowest BCUT2D eigenvalue weighted by molar-refractivity contribution is 0.280. The van der Waals surface area contributed by atoms with Crippen LogP contribution in [-0.2, 0) is 16.6 Å². The van der Waals surface area contributed by atoms with Gasteiger partial charge >= 0.3 is 0 Å². The number of sulfonamides is 1. The van der Waals surface area contributed by atoms with Crippen LogP contribution in [-0.4, -0.2) is 19.1 Å². The lowest BCUT2D eigenvalue weighted by atomic mass is 10.0. The highest BCUT2D eigenvalue weighted by atomic mass is 32.2. The fourth-order valence-corrected chi connectivity index (χ4v) is 3.80. The van der Waals surface area contributed by atoms with Gasteiger partial charge in [0.1, 0.15) is 4.90 Å². The van der Waals surface area contributed by atoms with Crippen LogP contribution < -0.4 is 4.72 Å². The summed E-state index contributed by atoms with van der Waals surface area (Å²) < 4.78 is 54.0. The summed E-state index contributed by atoms with van der Waals surface area (Å²) in [6, 6.07) is 1.73. The van der Waals surface area contributed by atoms with E-state index in [1.165, 1.54) is 0 Å². The number of nitrogens with one attached hydrogen (secondary N) is 1. The molecular weight excluding hydrogens is 288 g/mol. The number of aliphatic hydroxyl groups excluding tert-OH is 1. The van der Waals surface area contributed by atoms with Crippen LogP contribution in [0, 0.1) is 17.6 Å². The number of hydrogen-bond acceptors (Lipinski definition) is 3. The largest absolute Gasteiger partial charge is 0.392 e. The molecule has 0 radical (unpaired) electrons. The fourth-order valence-electron chi connectivity index (χ4n) is 2.19. The Kier molecular flexibility index (Phi) is 3.88. The fraction of sp³-hybridized carbons (Fsp3) is 0.538. The third-order valence-electron chi connectivity index (χ3n) is 3.52. The van der Waals surface area contributed by atoms with E-state index in [0.717, 1.165) is 25.0 Å². The van der Waals surface area contributed by atoms with Crippen molar-refractivity contribution in [2.45, 2.75) is 43.7 Å². The first-order valence-corrected chi connectivity index (χ1v) is 7.78. The molecule has 0 atom stereocenters. The van der Waals surface area contributed by atoms with Crippen LogP contribution in [0.3, 0.4) is 0 Å². The van der Waals surface area contributed by atoms with Gasteiger partial charge in [0, 0.05) is 5.54 Å². The second-order valence-corrected chi connectivity index (χ2v) is 7.30. The zero-order valence-corrected chi connectivity index (χ0v) is 12.1. The van der Waals surface area contributed by atoms with E-state index in [4.69, 9.17) is 5.11 Å². The molecule has 112 valence electrons. The van der Waals surface area contributed by atoms with Crippen LogP contribution in [0.25, 0.3) is 0 Å². The molecule has 1 aromatic rings. The summed E-state index contributed by atoms with van der Waals surface area (Å²) in [4.78, 5) is -0.768. The van der Waals surface area contributed by atoms with E-state index >= 15 is 0 Å². The summed E-state index contributed by atoms with van der Waals surface area (Å²) in [6.07, 6.45) is 1.81. The van der Waals surface area contributed by atoms with Crippen LogP contribution in [0.5, 0.6) is 0 Å². The molecule has 0 bridgehead atoms. The van der Waals surface area contributed by atoms with Gasteiger partial charge in [-0.3, -0.25) is 0 Å². The standard InChI is InChI=1S/C13H17F2NO3S/c1-13(2,9-3-4-9)16-20(18,19)11-6-8(7-17)5-10(14)12(11)15/h5-6,9,16-17H,3-4,7H2,1-2H3. The second kappa shape index (κ2) is 5.05. The van der Waals surface area contributed by atoms with Crippen LogP contribution >= 0.6 is 0 Å². The van der Waals surface area contributed by atoms with Gasteiger partial charge in [-0.1, -0.05) is 0 Å². The monoisotopic (exact) mass is 305 g/mol. The molecule has 1 fully saturated rings. The minimum absolute atomic E-state index is 0.00787. The quantitative estimate of drug-likeness (QED) is 0.873. The molecule has 2 rings (SSSR count). The van der Waals surface area contributed by atoms with Crippen molar-refractivity contribution in [1.82, 2.24) is 4.72 Å². The van der Waals surface area contributed by atoms with E-state index in [-0.39, 0.29) is 11.5 Å². The van der Waals surface area contributed by atoms with Crippen molar-refractivity contribution in [3.63, 3.8) is 0 Å². The van der Waals surface area contributed by atoms with E-state index in [1.54, 1.807) is 13.8 Å². The SMILES string of the molecule is CC(C)(NS(=O)(=O)c1cc(CO)cc(F)c1F)C1CC1. The molecule has 7 heteroatoms. The minimum atomic E-state index is -4.18. The van der Waals surface area contributed by atoms with E-state index in [1.807, 2.05) is 0 Å². The molecule has 20 heavy (non-hydrogen) atoms. The number of aliphatic hydroxyl groups is 1. The van der Waals surface area contributed by atoms with Gasteiger partial charge in [0.05, 0.1) is 6.61 Å². The minimum Gasteiger partial charge on any atom is -0.392 e. The maximum Gasteiger partial charge on any atom is 0.244 e. The second-order valence-electron chi connectivity index (χ2n) is 5.65. The third kappa shape index (κ3) is 2.99. The number of benzene rings is 1. The molecule has 1 saturated carbocycles. The van der Waals surface area contributed by atoms with Gasteiger partial charge < -0.3 is 5.11 Å². The highest BCUT2D eigenvalue weighted by molar-refractivity contribution is 7.89. The summed E-state index contributed by atoms with van der Waals surface area (Å²) in [6.45, 7) is 2.87. The van der Waals surface area contributed by atoms with E-state index < -0.39 is 38.7 Å². The smallest absolute Gasteiger partial charge is 0.244 e. The first kappa shape index (κ1) is 15.3. The normalized spacial score (nSPS) is 16.4. The lowest BCUT2D eigenvalue weighted by Gasteiger charge is -2.26. The first-order chi connectivity index (χ1) is 9.17. The summed E-state index contributed by atoms with van der Waals surface area (Å²) in [5, 5.41) is 8.97. The molecule has 0 heterocycles. The summed E-state index contributed by atoms with van der Waals surface area (Å²) in [7, 11) is -4.18. The molecule has 1 aliphatic carbocycles. The highest BCUT2D eigenvalue weighted by Crippen LogP contribution is 2.40. The Labute approximate surface area is 116 Å². The van der Waals surface area contributed by atoms with Gasteiger partial charge in [-0.2, -0.15) is 0 Å². The topological polar surface area (TPSA) is 66.4 Å². The summed E-state index contributed by atoms with van der Waals surface area (Å²) >= 11 is 0. The van der Waals surface area contributed by atoms with Crippen molar-refractivity contribution < 1.29 is 22.3 Å². The van der Waals surface area contributed by atoms with E-state index in [9.17, 15) is 17.2 Å². The van der Waals surface area contributed by atoms with Crippen LogP contribution in [0.1, 0.15) is 32.3 Å². The number of halogens is 2. The average molecular weight is 305 g/mol. The van der Waals surface area contributed by atoms with Crippen molar-refractivity contribution >= 4 is 10.0 Å². The third-order valence-corrected chi connectivity index (χ3v) is 5.19. The number of hydrogen-bond donors (Lipinski definition) is 2. The molecule has 0 aromatic heterocycles. The molecule has 0 unspecified atom stereocenters. The zero-order valence-electron chi connectivity index (χ0n) is 11.3. The van der Waals surface area contributed by atoms with Crippen LogP contribution in [0.15, 0.2) is 17.0 Å². The Hall–Kier alpha value is -1.05. The Morgan fingerprint density at radius 2 is 1.95 bits per heavy atom. The Morgan fingerprint density at radius 3 is 2.45 bits per heavy atom. The van der Waals surface area contributed by atoms with Gasteiger partial charge in [-0.15, -0.1) is 0 Å². The van der Waals surface area contributed by atoms with Gasteiger partial charge in [0.2, 0.25) is 10.0 Å². The Balaban J connectivity index is 2.41. The maximum atomic E-state index is 13.7. The summed E-state index contributed by atoms with van der Waals surface area (Å²) in [5.74, 6) is -2.52. The van der Waals surface area contributed by atoms with E-state index in [0.29, 0.717) is 0 Å². The van der Waals surface area contributed by atoms with Gasteiger partial charge in [0.15, 0.2) is 11.6 Å². The van der Waals surface area contributed by atoms with Crippen molar-refractivity contribution in [3.8, 4) is 0 Å². The van der Waals surface area contributed by atoms with Crippen LogP contribution in [0.4, 0.5) is 8.78 Å².